The SMILES string of the molecule is CCCCCC[C@H](CC/C=C\CCCCCCC(CCCCCCC/C=C\C[C@@H](CCCCCC)OC(C)=O)OC(=O)OCCCN(C)C)OC(C)=O. The predicted molar refractivity (Wildman–Crippen MR) is 220 cm³/mol. The number of nitrogens with zero attached hydrogens (tertiary/aromatic N) is 1. The molecule has 0 saturated carbocycles. The van der Waals surface area contributed by atoms with Crippen LogP contribution in [0.1, 0.15) is 201 Å². The molecule has 0 rings (SSSR count). The first-order valence-electron chi connectivity index (χ1n) is 21.8. The van der Waals surface area contributed by atoms with Crippen molar-refractivity contribution in [3.63, 3.8) is 0 Å². The number of ether oxygens (including phenoxy) is 4. The molecule has 0 N–H and O–H groups in total. The Labute approximate surface area is 326 Å². The minimum atomic E-state index is -0.528. The van der Waals surface area contributed by atoms with E-state index in [0.29, 0.717) is 6.61 Å². The average molecular weight is 750 g/mol. The molecule has 0 aliphatic carbocycles. The molecule has 0 bridgehead atoms. The quantitative estimate of drug-likeness (QED) is 0.0268. The molecule has 0 saturated heterocycles. The summed E-state index contributed by atoms with van der Waals surface area (Å²) >= 11 is 0. The Morgan fingerprint density at radius 3 is 1.45 bits per heavy atom. The lowest BCUT2D eigenvalue weighted by atomic mass is 10.0. The standard InChI is InChI=1S/C45H83NO7/c1-7-9-11-25-32-42(51-40(3)47)34-27-21-17-13-15-19-23-29-36-44(53-45(49)50-39-31-38-46(5)6)37-30-24-20-16-14-18-22-28-35-43(52-41(4)48)33-26-12-10-8-2/h17,21-22,28,42-44H,7-16,18-20,23-27,29-39H2,1-6H3/b21-17-,28-22-/t42-,43-,44?/m1/s1. The van der Waals surface area contributed by atoms with Crippen molar-refractivity contribution in [3.05, 3.63) is 24.3 Å². The van der Waals surface area contributed by atoms with Crippen LogP contribution in [0.15, 0.2) is 24.3 Å². The van der Waals surface area contributed by atoms with Crippen molar-refractivity contribution in [1.82, 2.24) is 4.90 Å². The van der Waals surface area contributed by atoms with Gasteiger partial charge < -0.3 is 23.8 Å². The van der Waals surface area contributed by atoms with Crippen LogP contribution < -0.4 is 0 Å². The minimum absolute atomic E-state index is 0.00297. The monoisotopic (exact) mass is 750 g/mol. The molecule has 0 heterocycles. The number of hydrogen-bond donors (Lipinski definition) is 0. The second-order valence-electron chi connectivity index (χ2n) is 15.2. The van der Waals surface area contributed by atoms with E-state index in [2.05, 4.69) is 43.1 Å². The molecule has 0 spiro atoms. The Balaban J connectivity index is 4.40. The Hall–Kier alpha value is -2.35. The smallest absolute Gasteiger partial charge is 0.463 e. The first kappa shape index (κ1) is 50.6. The zero-order chi connectivity index (χ0) is 39.2. The van der Waals surface area contributed by atoms with Crippen LogP contribution >= 0.6 is 0 Å². The summed E-state index contributed by atoms with van der Waals surface area (Å²) in [5.41, 5.74) is 0. The summed E-state index contributed by atoms with van der Waals surface area (Å²) in [7, 11) is 4.03. The molecule has 3 atom stereocenters. The number of unbranched alkanes of at least 4 members (excludes halogenated alkanes) is 15. The van der Waals surface area contributed by atoms with Crippen molar-refractivity contribution in [2.24, 2.45) is 0 Å². The summed E-state index contributed by atoms with van der Waals surface area (Å²) in [5.74, 6) is -0.360. The highest BCUT2D eigenvalue weighted by Crippen LogP contribution is 2.19. The molecule has 1 unspecified atom stereocenters. The van der Waals surface area contributed by atoms with Crippen molar-refractivity contribution in [3.8, 4) is 0 Å². The molecule has 8 heteroatoms. The summed E-state index contributed by atoms with van der Waals surface area (Å²) in [6, 6.07) is 0. The predicted octanol–water partition coefficient (Wildman–Crippen LogP) is 12.6. The third-order valence-electron chi connectivity index (χ3n) is 9.59. The van der Waals surface area contributed by atoms with Gasteiger partial charge in [-0.1, -0.05) is 109 Å². The minimum Gasteiger partial charge on any atom is -0.463 e. The van der Waals surface area contributed by atoms with Crippen molar-refractivity contribution < 1.29 is 33.3 Å². The van der Waals surface area contributed by atoms with Crippen LogP contribution in [-0.2, 0) is 28.5 Å². The molecule has 0 fully saturated rings. The normalized spacial score (nSPS) is 13.4. The van der Waals surface area contributed by atoms with Crippen molar-refractivity contribution >= 4 is 18.1 Å². The first-order chi connectivity index (χ1) is 25.7. The van der Waals surface area contributed by atoms with E-state index in [0.717, 1.165) is 129 Å². The van der Waals surface area contributed by atoms with Gasteiger partial charge in [-0.2, -0.15) is 0 Å². The van der Waals surface area contributed by atoms with Gasteiger partial charge in [-0.05, 0) is 110 Å². The molecule has 8 nitrogen and oxygen atoms in total. The Bertz CT molecular complexity index is 919. The molecule has 0 aromatic heterocycles. The van der Waals surface area contributed by atoms with Crippen molar-refractivity contribution in [1.29, 1.82) is 0 Å². The highest BCUT2D eigenvalue weighted by molar-refractivity contribution is 5.66. The zero-order valence-electron chi connectivity index (χ0n) is 35.4. The molecule has 0 aliphatic heterocycles. The summed E-state index contributed by atoms with van der Waals surface area (Å²) in [4.78, 5) is 37.5. The summed E-state index contributed by atoms with van der Waals surface area (Å²) in [6.45, 7) is 8.70. The molecule has 0 aromatic carbocycles. The van der Waals surface area contributed by atoms with Crippen LogP contribution in [0.4, 0.5) is 4.79 Å². The fraction of sp³-hybridized carbons (Fsp3) is 0.844. The maximum atomic E-state index is 12.4. The van der Waals surface area contributed by atoms with Gasteiger partial charge in [0.25, 0.3) is 0 Å². The van der Waals surface area contributed by atoms with E-state index in [1.807, 2.05) is 14.1 Å². The molecule has 0 aromatic rings. The topological polar surface area (TPSA) is 91.4 Å². The van der Waals surface area contributed by atoms with Gasteiger partial charge in [0.2, 0.25) is 0 Å². The highest BCUT2D eigenvalue weighted by atomic mass is 16.7. The highest BCUT2D eigenvalue weighted by Gasteiger charge is 2.16. The molecular formula is C45H83NO7. The summed E-state index contributed by atoms with van der Waals surface area (Å²) < 4.78 is 22.2. The number of rotatable bonds is 37. The lowest BCUT2D eigenvalue weighted by Crippen LogP contribution is -2.21. The molecule has 0 amide bonds. The van der Waals surface area contributed by atoms with Crippen LogP contribution in [0.25, 0.3) is 0 Å². The van der Waals surface area contributed by atoms with Gasteiger partial charge in [-0.3, -0.25) is 9.59 Å². The zero-order valence-corrected chi connectivity index (χ0v) is 35.4. The summed E-state index contributed by atoms with van der Waals surface area (Å²) in [6.07, 6.45) is 37.4. The van der Waals surface area contributed by atoms with Crippen LogP contribution in [0.2, 0.25) is 0 Å². The fourth-order valence-corrected chi connectivity index (χ4v) is 6.56. The number of hydrogen-bond acceptors (Lipinski definition) is 8. The van der Waals surface area contributed by atoms with E-state index < -0.39 is 6.16 Å². The maximum Gasteiger partial charge on any atom is 0.508 e. The second-order valence-corrected chi connectivity index (χ2v) is 15.2. The van der Waals surface area contributed by atoms with Gasteiger partial charge in [0, 0.05) is 26.8 Å². The number of carbonyl (C=O) groups excluding carboxylic acids is 3. The van der Waals surface area contributed by atoms with Crippen LogP contribution in [0.3, 0.4) is 0 Å². The van der Waals surface area contributed by atoms with E-state index in [4.69, 9.17) is 18.9 Å². The van der Waals surface area contributed by atoms with E-state index >= 15 is 0 Å². The molecule has 0 aliphatic rings. The molecular weight excluding hydrogens is 666 g/mol. The number of esters is 2. The van der Waals surface area contributed by atoms with Crippen molar-refractivity contribution in [2.45, 2.75) is 219 Å². The lowest BCUT2D eigenvalue weighted by Gasteiger charge is -2.18. The van der Waals surface area contributed by atoms with Gasteiger partial charge >= 0.3 is 18.1 Å². The largest absolute Gasteiger partial charge is 0.508 e. The molecule has 53 heavy (non-hydrogen) atoms. The van der Waals surface area contributed by atoms with Crippen LogP contribution in [0.5, 0.6) is 0 Å². The second kappa shape index (κ2) is 37.9. The summed E-state index contributed by atoms with van der Waals surface area (Å²) in [5, 5.41) is 0. The maximum absolute atomic E-state index is 12.4. The Morgan fingerprint density at radius 1 is 0.491 bits per heavy atom. The molecule has 0 radical (unpaired) electrons. The Morgan fingerprint density at radius 2 is 0.925 bits per heavy atom. The van der Waals surface area contributed by atoms with E-state index in [9.17, 15) is 14.4 Å². The first-order valence-corrected chi connectivity index (χ1v) is 21.8. The third kappa shape index (κ3) is 37.7. The average Bonchev–Trinajstić information content (AvgIpc) is 3.10. The van der Waals surface area contributed by atoms with E-state index in [1.165, 1.54) is 65.2 Å². The van der Waals surface area contributed by atoms with Crippen LogP contribution in [0, 0.1) is 0 Å². The van der Waals surface area contributed by atoms with Gasteiger partial charge in [0.1, 0.15) is 18.3 Å². The third-order valence-corrected chi connectivity index (χ3v) is 9.59. The number of allylic oxidation sites excluding steroid dienone is 3. The van der Waals surface area contributed by atoms with Gasteiger partial charge in [-0.25, -0.2) is 4.79 Å². The van der Waals surface area contributed by atoms with Crippen LogP contribution in [-0.4, -0.2) is 68.6 Å². The van der Waals surface area contributed by atoms with Crippen molar-refractivity contribution in [2.75, 3.05) is 27.2 Å². The van der Waals surface area contributed by atoms with Gasteiger partial charge in [0.15, 0.2) is 0 Å². The Kier molecular flexibility index (Phi) is 36.3. The van der Waals surface area contributed by atoms with Gasteiger partial charge in [-0.15, -0.1) is 0 Å². The lowest BCUT2D eigenvalue weighted by molar-refractivity contribution is -0.147. The van der Waals surface area contributed by atoms with E-state index in [1.54, 1.807) is 0 Å². The van der Waals surface area contributed by atoms with Gasteiger partial charge in [0.05, 0.1) is 6.61 Å². The van der Waals surface area contributed by atoms with E-state index in [-0.39, 0.29) is 30.3 Å². The number of carbonyl (C=O) groups is 3. The fourth-order valence-electron chi connectivity index (χ4n) is 6.56. The molecule has 310 valence electrons.